The molecule has 1 atom stereocenters. The van der Waals surface area contributed by atoms with Crippen LogP contribution >= 0.6 is 0 Å². The zero-order valence-corrected chi connectivity index (χ0v) is 18.7. The summed E-state index contributed by atoms with van der Waals surface area (Å²) in [5, 5.41) is 6.85. The lowest BCUT2D eigenvalue weighted by Gasteiger charge is -2.30. The van der Waals surface area contributed by atoms with Gasteiger partial charge in [-0.3, -0.25) is 0 Å². The first-order valence-electron chi connectivity index (χ1n) is 9.54. The summed E-state index contributed by atoms with van der Waals surface area (Å²) in [6, 6.07) is 0. The third kappa shape index (κ3) is 3.12. The SMILES string of the molecule is CC(C)C1=C2[Si]C3=CC([C@H](C)C(C)(C)C)C=C3[Si]C2=C(C(C)C)C1. The van der Waals surface area contributed by atoms with Gasteiger partial charge in [-0.15, -0.1) is 0 Å². The first kappa shape index (κ1) is 18.2. The van der Waals surface area contributed by atoms with Crippen LogP contribution in [0.15, 0.2) is 44.1 Å². The summed E-state index contributed by atoms with van der Waals surface area (Å²) in [6.07, 6.45) is 6.49. The van der Waals surface area contributed by atoms with Crippen molar-refractivity contribution in [2.45, 2.75) is 61.8 Å². The van der Waals surface area contributed by atoms with Crippen LogP contribution in [-0.4, -0.2) is 19.0 Å². The van der Waals surface area contributed by atoms with Crippen LogP contribution < -0.4 is 0 Å². The largest absolute Gasteiger partial charge is 0.120 e. The van der Waals surface area contributed by atoms with E-state index >= 15 is 0 Å². The van der Waals surface area contributed by atoms with Crippen LogP contribution in [0.5, 0.6) is 0 Å². The minimum absolute atomic E-state index is 0.374. The van der Waals surface area contributed by atoms with E-state index in [2.05, 4.69) is 67.5 Å². The molecular formula is C22H32Si2. The van der Waals surface area contributed by atoms with Gasteiger partial charge in [-0.2, -0.15) is 0 Å². The molecule has 0 amide bonds. The number of allylic oxidation sites excluding steroid dienone is 8. The smallest absolute Gasteiger partial charge is 0.0783 e. The van der Waals surface area contributed by atoms with Crippen molar-refractivity contribution in [2.75, 3.05) is 0 Å². The van der Waals surface area contributed by atoms with Crippen molar-refractivity contribution in [3.8, 4) is 0 Å². The van der Waals surface area contributed by atoms with Crippen molar-refractivity contribution >= 4 is 19.0 Å². The molecule has 128 valence electrons. The molecule has 0 unspecified atom stereocenters. The summed E-state index contributed by atoms with van der Waals surface area (Å²) >= 11 is 0. The van der Waals surface area contributed by atoms with Crippen LogP contribution in [0.25, 0.3) is 0 Å². The van der Waals surface area contributed by atoms with E-state index in [-0.39, 0.29) is 0 Å². The number of hydrogen-bond acceptors (Lipinski definition) is 0. The monoisotopic (exact) mass is 352 g/mol. The second-order valence-corrected chi connectivity index (χ2v) is 12.0. The molecule has 3 aliphatic rings. The predicted octanol–water partition coefficient (Wildman–Crippen LogP) is 5.71. The van der Waals surface area contributed by atoms with Gasteiger partial charge in [-0.25, -0.2) is 0 Å². The lowest BCUT2D eigenvalue weighted by Crippen LogP contribution is -2.22. The highest BCUT2D eigenvalue weighted by atomic mass is 28.2. The van der Waals surface area contributed by atoms with Crippen molar-refractivity contribution in [1.29, 1.82) is 0 Å². The van der Waals surface area contributed by atoms with Gasteiger partial charge in [0.15, 0.2) is 0 Å². The van der Waals surface area contributed by atoms with E-state index in [1.807, 2.05) is 0 Å². The van der Waals surface area contributed by atoms with E-state index in [0.717, 1.165) is 19.0 Å². The van der Waals surface area contributed by atoms with E-state index < -0.39 is 0 Å². The average molecular weight is 353 g/mol. The Balaban J connectivity index is 1.96. The van der Waals surface area contributed by atoms with Crippen molar-refractivity contribution in [3.05, 3.63) is 44.1 Å². The van der Waals surface area contributed by atoms with Gasteiger partial charge in [0, 0.05) is 0 Å². The molecule has 4 radical (unpaired) electrons. The molecule has 1 aliphatic heterocycles. The van der Waals surface area contributed by atoms with Gasteiger partial charge < -0.3 is 0 Å². The van der Waals surface area contributed by atoms with Gasteiger partial charge in [-0.05, 0) is 35.5 Å². The summed E-state index contributed by atoms with van der Waals surface area (Å²) < 4.78 is 0. The van der Waals surface area contributed by atoms with Crippen molar-refractivity contribution in [2.24, 2.45) is 29.1 Å². The number of rotatable bonds is 3. The molecule has 0 spiro atoms. The molecule has 0 aromatic rings. The Labute approximate surface area is 154 Å². The van der Waals surface area contributed by atoms with Crippen LogP contribution in [0.1, 0.15) is 61.8 Å². The number of fused-ring (bicyclic) bond motifs is 2. The second-order valence-electron chi connectivity index (χ2n) is 9.43. The summed E-state index contributed by atoms with van der Waals surface area (Å²) in [5.41, 5.74) is 3.86. The summed E-state index contributed by atoms with van der Waals surface area (Å²) in [6.45, 7) is 19.1. The van der Waals surface area contributed by atoms with E-state index in [1.165, 1.54) is 6.42 Å². The molecule has 0 aromatic heterocycles. The van der Waals surface area contributed by atoms with Crippen molar-refractivity contribution < 1.29 is 0 Å². The lowest BCUT2D eigenvalue weighted by atomic mass is 9.75. The maximum atomic E-state index is 2.62. The molecule has 2 aliphatic carbocycles. The van der Waals surface area contributed by atoms with Gasteiger partial charge in [0.1, 0.15) is 19.0 Å². The minimum Gasteiger partial charge on any atom is -0.0783 e. The number of hydrogen-bond donors (Lipinski definition) is 0. The molecule has 0 aromatic carbocycles. The molecule has 1 saturated heterocycles. The van der Waals surface area contributed by atoms with Gasteiger partial charge in [0.2, 0.25) is 0 Å². The molecule has 1 fully saturated rings. The van der Waals surface area contributed by atoms with E-state index in [4.69, 9.17) is 0 Å². The topological polar surface area (TPSA) is 0 Å². The lowest BCUT2D eigenvalue weighted by molar-refractivity contribution is 0.230. The Kier molecular flexibility index (Phi) is 4.76. The van der Waals surface area contributed by atoms with Crippen LogP contribution in [-0.2, 0) is 0 Å². The summed E-state index contributed by atoms with van der Waals surface area (Å²) in [7, 11) is 1.81. The van der Waals surface area contributed by atoms with E-state index in [1.54, 1.807) is 31.9 Å². The van der Waals surface area contributed by atoms with E-state index in [9.17, 15) is 0 Å². The molecule has 0 N–H and O–H groups in total. The average Bonchev–Trinajstić information content (AvgIpc) is 3.03. The zero-order valence-electron chi connectivity index (χ0n) is 16.7. The molecular weight excluding hydrogens is 320 g/mol. The summed E-state index contributed by atoms with van der Waals surface area (Å²) in [5.74, 6) is 2.73. The summed E-state index contributed by atoms with van der Waals surface area (Å²) in [4.78, 5) is 0. The molecule has 0 saturated carbocycles. The van der Waals surface area contributed by atoms with Crippen molar-refractivity contribution in [3.63, 3.8) is 0 Å². The Bertz CT molecular complexity index is 615. The highest BCUT2D eigenvalue weighted by Crippen LogP contribution is 2.46. The fourth-order valence-corrected chi connectivity index (χ4v) is 7.86. The minimum atomic E-state index is 0.374. The van der Waals surface area contributed by atoms with E-state index in [0.29, 0.717) is 29.1 Å². The Morgan fingerprint density at radius 3 is 1.58 bits per heavy atom. The first-order chi connectivity index (χ1) is 11.1. The van der Waals surface area contributed by atoms with Crippen LogP contribution in [0.2, 0.25) is 0 Å². The van der Waals surface area contributed by atoms with Crippen molar-refractivity contribution in [1.82, 2.24) is 0 Å². The Morgan fingerprint density at radius 1 is 0.833 bits per heavy atom. The normalized spacial score (nSPS) is 23.1. The van der Waals surface area contributed by atoms with Crippen LogP contribution in [0.3, 0.4) is 0 Å². The highest BCUT2D eigenvalue weighted by molar-refractivity contribution is 6.74. The third-order valence-electron chi connectivity index (χ3n) is 6.14. The highest BCUT2D eigenvalue weighted by Gasteiger charge is 2.37. The second kappa shape index (κ2) is 6.28. The fraction of sp³-hybridized carbons (Fsp3) is 0.636. The first-order valence-corrected chi connectivity index (χ1v) is 11.5. The molecule has 2 heteroatoms. The predicted molar refractivity (Wildman–Crippen MR) is 108 cm³/mol. The van der Waals surface area contributed by atoms with Gasteiger partial charge in [0.05, 0.1) is 0 Å². The van der Waals surface area contributed by atoms with Crippen LogP contribution in [0.4, 0.5) is 0 Å². The van der Waals surface area contributed by atoms with Gasteiger partial charge in [0.25, 0.3) is 0 Å². The third-order valence-corrected chi connectivity index (χ3v) is 9.69. The zero-order chi connectivity index (χ0) is 17.8. The molecule has 3 rings (SSSR count). The quantitative estimate of drug-likeness (QED) is 0.570. The Hall–Kier alpha value is -0.606. The van der Waals surface area contributed by atoms with Gasteiger partial charge in [-0.1, -0.05) is 99.5 Å². The maximum absolute atomic E-state index is 2.62. The van der Waals surface area contributed by atoms with Gasteiger partial charge >= 0.3 is 0 Å². The molecule has 1 heterocycles. The standard InChI is InChI=1S/C22H32Si2/c1-12(2)16-11-17(13(3)4)21-20(16)23-18-9-15(10-19(18)24-21)14(5)22(6,7)8/h9-10,12-15H,11H2,1-8H3/t14-/m0/s1. The Morgan fingerprint density at radius 2 is 1.25 bits per heavy atom. The fourth-order valence-electron chi connectivity index (χ4n) is 3.94. The molecule has 0 bridgehead atoms. The van der Waals surface area contributed by atoms with Crippen LogP contribution in [0, 0.1) is 29.1 Å². The molecule has 24 heavy (non-hydrogen) atoms. The molecule has 0 nitrogen and oxygen atoms in total. The maximum Gasteiger partial charge on any atom is 0.120 e.